The summed E-state index contributed by atoms with van der Waals surface area (Å²) in [6.07, 6.45) is 1.94. The highest BCUT2D eigenvalue weighted by Crippen LogP contribution is 2.21. The van der Waals surface area contributed by atoms with Crippen LogP contribution in [0.2, 0.25) is 0 Å². The van der Waals surface area contributed by atoms with Gasteiger partial charge < -0.3 is 10.6 Å². The van der Waals surface area contributed by atoms with Crippen molar-refractivity contribution in [1.29, 1.82) is 0 Å². The molecule has 3 rings (SSSR count). The number of nitrogens with one attached hydrogen (secondary N) is 3. The fourth-order valence-electron chi connectivity index (χ4n) is 2.28. The van der Waals surface area contributed by atoms with Crippen LogP contribution in [0, 0.1) is 3.57 Å². The first-order chi connectivity index (χ1) is 9.72. The van der Waals surface area contributed by atoms with Gasteiger partial charge in [-0.05, 0) is 59.7 Å². The molecule has 2 aromatic rings. The molecule has 3 N–H and O–H groups in total. The van der Waals surface area contributed by atoms with Crippen LogP contribution >= 0.6 is 35.0 Å². The van der Waals surface area contributed by atoms with Crippen LogP contribution in [0.3, 0.4) is 0 Å². The summed E-state index contributed by atoms with van der Waals surface area (Å²) in [4.78, 5) is 12.0. The SMILES string of the molecule is Cl.O=C(Nc1cc(-c2ccc(I)cc2)[nH]n1)C1CCCN1. The lowest BCUT2D eigenvalue weighted by Gasteiger charge is -2.08. The molecule has 1 aliphatic rings. The van der Waals surface area contributed by atoms with Crippen LogP contribution in [0.1, 0.15) is 12.8 Å². The molecular weight excluding hydrogens is 403 g/mol. The summed E-state index contributed by atoms with van der Waals surface area (Å²) in [7, 11) is 0. The molecule has 1 aromatic carbocycles. The number of rotatable bonds is 3. The first-order valence-corrected chi connectivity index (χ1v) is 7.66. The molecule has 2 heterocycles. The van der Waals surface area contributed by atoms with Gasteiger partial charge in [-0.2, -0.15) is 5.10 Å². The van der Waals surface area contributed by atoms with Crippen molar-refractivity contribution in [2.24, 2.45) is 0 Å². The normalized spacial score (nSPS) is 17.3. The zero-order valence-electron chi connectivity index (χ0n) is 11.2. The second-order valence-corrected chi connectivity index (χ2v) is 6.06. The quantitative estimate of drug-likeness (QED) is 0.671. The van der Waals surface area contributed by atoms with Gasteiger partial charge in [-0.1, -0.05) is 12.1 Å². The highest BCUT2D eigenvalue weighted by Gasteiger charge is 2.22. The van der Waals surface area contributed by atoms with E-state index in [4.69, 9.17) is 0 Å². The lowest BCUT2D eigenvalue weighted by atomic mass is 10.1. The van der Waals surface area contributed by atoms with Gasteiger partial charge in [0.1, 0.15) is 0 Å². The number of nitrogens with zero attached hydrogens (tertiary/aromatic N) is 1. The molecule has 1 aliphatic heterocycles. The molecule has 1 amide bonds. The van der Waals surface area contributed by atoms with Gasteiger partial charge in [-0.25, -0.2) is 0 Å². The summed E-state index contributed by atoms with van der Waals surface area (Å²) in [5.41, 5.74) is 1.95. The van der Waals surface area contributed by atoms with Crippen LogP contribution in [0.4, 0.5) is 5.82 Å². The topological polar surface area (TPSA) is 69.8 Å². The maximum atomic E-state index is 12.0. The lowest BCUT2D eigenvalue weighted by molar-refractivity contribution is -0.117. The Morgan fingerprint density at radius 1 is 1.33 bits per heavy atom. The summed E-state index contributed by atoms with van der Waals surface area (Å²) < 4.78 is 1.19. The Kier molecular flexibility index (Phi) is 5.60. The second-order valence-electron chi connectivity index (χ2n) is 4.81. The Morgan fingerprint density at radius 2 is 2.10 bits per heavy atom. The highest BCUT2D eigenvalue weighted by molar-refractivity contribution is 14.1. The van der Waals surface area contributed by atoms with E-state index in [-0.39, 0.29) is 24.4 Å². The average molecular weight is 419 g/mol. The van der Waals surface area contributed by atoms with Crippen molar-refractivity contribution in [3.8, 4) is 11.3 Å². The predicted molar refractivity (Wildman–Crippen MR) is 93.6 cm³/mol. The minimum absolute atomic E-state index is 0. The molecule has 1 saturated heterocycles. The maximum absolute atomic E-state index is 12.0. The summed E-state index contributed by atoms with van der Waals surface area (Å²) >= 11 is 2.27. The average Bonchev–Trinajstić information content (AvgIpc) is 3.10. The molecule has 7 heteroatoms. The van der Waals surface area contributed by atoms with Crippen molar-refractivity contribution in [3.05, 3.63) is 33.9 Å². The van der Waals surface area contributed by atoms with Gasteiger partial charge in [-0.15, -0.1) is 12.4 Å². The molecule has 0 bridgehead atoms. The Labute approximate surface area is 142 Å². The summed E-state index contributed by atoms with van der Waals surface area (Å²) in [5.74, 6) is 0.556. The molecular formula is C14H16ClIN4O. The van der Waals surface area contributed by atoms with Crippen molar-refractivity contribution in [3.63, 3.8) is 0 Å². The molecule has 0 saturated carbocycles. The van der Waals surface area contributed by atoms with E-state index in [9.17, 15) is 4.79 Å². The van der Waals surface area contributed by atoms with E-state index in [1.807, 2.05) is 30.3 Å². The number of aromatic amines is 1. The van der Waals surface area contributed by atoms with Crippen LogP contribution in [0.25, 0.3) is 11.3 Å². The van der Waals surface area contributed by atoms with Crippen LogP contribution in [0.15, 0.2) is 30.3 Å². The number of amides is 1. The van der Waals surface area contributed by atoms with Gasteiger partial charge in [0.05, 0.1) is 11.7 Å². The summed E-state index contributed by atoms with van der Waals surface area (Å²) in [6.45, 7) is 0.909. The lowest BCUT2D eigenvalue weighted by Crippen LogP contribution is -2.35. The van der Waals surface area contributed by atoms with Gasteiger partial charge >= 0.3 is 0 Å². The van der Waals surface area contributed by atoms with E-state index in [0.717, 1.165) is 30.6 Å². The number of halogens is 2. The Hall–Kier alpha value is -1.12. The Morgan fingerprint density at radius 3 is 2.76 bits per heavy atom. The molecule has 21 heavy (non-hydrogen) atoms. The van der Waals surface area contributed by atoms with Gasteiger partial charge in [0.2, 0.25) is 5.91 Å². The minimum Gasteiger partial charge on any atom is -0.308 e. The third-order valence-electron chi connectivity index (χ3n) is 3.36. The first kappa shape index (κ1) is 16.3. The highest BCUT2D eigenvalue weighted by atomic mass is 127. The van der Waals surface area contributed by atoms with Gasteiger partial charge in [0.15, 0.2) is 5.82 Å². The number of H-pyrrole nitrogens is 1. The number of hydrogen-bond donors (Lipinski definition) is 3. The minimum atomic E-state index is -0.0894. The van der Waals surface area contributed by atoms with Crippen molar-refractivity contribution < 1.29 is 4.79 Å². The summed E-state index contributed by atoms with van der Waals surface area (Å²) in [5, 5.41) is 13.1. The van der Waals surface area contributed by atoms with E-state index in [1.165, 1.54) is 3.57 Å². The number of benzene rings is 1. The molecule has 0 spiro atoms. The van der Waals surface area contributed by atoms with Crippen molar-refractivity contribution in [2.45, 2.75) is 18.9 Å². The molecule has 0 aliphatic carbocycles. The monoisotopic (exact) mass is 418 g/mol. The number of aromatic nitrogens is 2. The van der Waals surface area contributed by atoms with Crippen LogP contribution in [0.5, 0.6) is 0 Å². The molecule has 112 valence electrons. The summed E-state index contributed by atoms with van der Waals surface area (Å²) in [6, 6.07) is 9.90. The van der Waals surface area contributed by atoms with E-state index in [1.54, 1.807) is 0 Å². The van der Waals surface area contributed by atoms with Gasteiger partial charge in [-0.3, -0.25) is 9.89 Å². The van der Waals surface area contributed by atoms with Gasteiger partial charge in [0.25, 0.3) is 0 Å². The number of anilines is 1. The van der Waals surface area contributed by atoms with Crippen molar-refractivity contribution in [2.75, 3.05) is 11.9 Å². The fraction of sp³-hybridized carbons (Fsp3) is 0.286. The molecule has 1 aromatic heterocycles. The zero-order valence-corrected chi connectivity index (χ0v) is 14.2. The van der Waals surface area contributed by atoms with Crippen LogP contribution in [-0.2, 0) is 4.79 Å². The van der Waals surface area contributed by atoms with Crippen molar-refractivity contribution in [1.82, 2.24) is 15.5 Å². The fourth-order valence-corrected chi connectivity index (χ4v) is 2.64. The number of hydrogen-bond acceptors (Lipinski definition) is 3. The van der Waals surface area contributed by atoms with E-state index in [2.05, 4.69) is 43.4 Å². The first-order valence-electron chi connectivity index (χ1n) is 6.58. The smallest absolute Gasteiger partial charge is 0.242 e. The standard InChI is InChI=1S/C14H15IN4O.ClH/c15-10-5-3-9(4-6-10)12-8-13(19-18-12)17-14(20)11-2-1-7-16-11;/h3-6,8,11,16H,1-2,7H2,(H2,17,18,19,20);1H. The Bertz CT molecular complexity index is 608. The van der Waals surface area contributed by atoms with Crippen molar-refractivity contribution >= 4 is 46.7 Å². The molecule has 0 radical (unpaired) electrons. The van der Waals surface area contributed by atoms with Crippen LogP contribution < -0.4 is 10.6 Å². The van der Waals surface area contributed by atoms with E-state index < -0.39 is 0 Å². The maximum Gasteiger partial charge on any atom is 0.242 e. The van der Waals surface area contributed by atoms with Gasteiger partial charge in [0, 0.05) is 9.64 Å². The molecule has 5 nitrogen and oxygen atoms in total. The predicted octanol–water partition coefficient (Wildman–Crippen LogP) is 2.79. The third-order valence-corrected chi connectivity index (χ3v) is 4.08. The Balaban J connectivity index is 0.00000161. The van der Waals surface area contributed by atoms with E-state index >= 15 is 0 Å². The van der Waals surface area contributed by atoms with Crippen LogP contribution in [-0.4, -0.2) is 28.7 Å². The molecule has 1 unspecified atom stereocenters. The number of carbonyl (C=O) groups is 1. The molecule has 1 fully saturated rings. The number of carbonyl (C=O) groups excluding carboxylic acids is 1. The van der Waals surface area contributed by atoms with E-state index in [0.29, 0.717) is 5.82 Å². The molecule has 1 atom stereocenters. The third kappa shape index (κ3) is 3.96. The second kappa shape index (κ2) is 7.24. The zero-order chi connectivity index (χ0) is 13.9. The largest absolute Gasteiger partial charge is 0.308 e.